The summed E-state index contributed by atoms with van der Waals surface area (Å²) < 4.78 is 5.37. The Morgan fingerprint density at radius 1 is 1.47 bits per heavy atom. The molecule has 17 heavy (non-hydrogen) atoms. The van der Waals surface area contributed by atoms with E-state index in [4.69, 9.17) is 15.0 Å². The van der Waals surface area contributed by atoms with Gasteiger partial charge in [-0.3, -0.25) is 0 Å². The lowest BCUT2D eigenvalue weighted by molar-refractivity contribution is 0.0846. The molecule has 3 rings (SSSR count). The Morgan fingerprint density at radius 3 is 2.88 bits per heavy atom. The van der Waals surface area contributed by atoms with Crippen molar-refractivity contribution in [1.82, 2.24) is 4.98 Å². The first-order valence-electron chi connectivity index (χ1n) is 6.25. The van der Waals surface area contributed by atoms with Crippen LogP contribution in [0.15, 0.2) is 5.38 Å². The number of rotatable bonds is 3. The number of hydrogen-bond donors (Lipinski definition) is 0. The lowest BCUT2D eigenvalue weighted by Crippen LogP contribution is -2.14. The Bertz CT molecular complexity index is 439. The monoisotopic (exact) mass is 248 g/mol. The number of nitriles is 1. The van der Waals surface area contributed by atoms with Crippen molar-refractivity contribution in [1.29, 1.82) is 5.26 Å². The second kappa shape index (κ2) is 4.40. The van der Waals surface area contributed by atoms with Gasteiger partial charge in [-0.1, -0.05) is 0 Å². The van der Waals surface area contributed by atoms with Crippen molar-refractivity contribution >= 4 is 11.3 Å². The largest absolute Gasteiger partial charge is 0.381 e. The summed E-state index contributed by atoms with van der Waals surface area (Å²) in [6.07, 6.45) is 5.14. The summed E-state index contributed by atoms with van der Waals surface area (Å²) in [6, 6.07) is 2.44. The zero-order valence-corrected chi connectivity index (χ0v) is 10.6. The van der Waals surface area contributed by atoms with Gasteiger partial charge >= 0.3 is 0 Å². The van der Waals surface area contributed by atoms with Gasteiger partial charge in [0.1, 0.15) is 0 Å². The second-order valence-electron chi connectivity index (χ2n) is 5.12. The van der Waals surface area contributed by atoms with E-state index >= 15 is 0 Å². The summed E-state index contributed by atoms with van der Waals surface area (Å²) in [5, 5.41) is 12.4. The minimum Gasteiger partial charge on any atom is -0.381 e. The molecule has 2 heterocycles. The second-order valence-corrected chi connectivity index (χ2v) is 6.06. The number of thiazole rings is 1. The Hall–Kier alpha value is -0.920. The molecule has 0 spiro atoms. The summed E-state index contributed by atoms with van der Waals surface area (Å²) in [6.45, 7) is 1.72. The van der Waals surface area contributed by atoms with E-state index in [9.17, 15) is 0 Å². The first-order valence-corrected chi connectivity index (χ1v) is 7.13. The standard InChI is InChI=1S/C13H16N2OS/c14-9-13(3-4-13)7-12-15-11(8-17-12)10-1-5-16-6-2-10/h8,10H,1-7H2. The fourth-order valence-electron chi connectivity index (χ4n) is 2.36. The Morgan fingerprint density at radius 2 is 2.24 bits per heavy atom. The smallest absolute Gasteiger partial charge is 0.0944 e. The summed E-state index contributed by atoms with van der Waals surface area (Å²) in [5.41, 5.74) is 1.16. The minimum absolute atomic E-state index is 0.0647. The predicted octanol–water partition coefficient (Wildman–Crippen LogP) is 2.88. The SMILES string of the molecule is N#CC1(Cc2nc(C3CCOCC3)cs2)CC1. The molecule has 2 aliphatic rings. The van der Waals surface area contributed by atoms with Crippen LogP contribution in [0.25, 0.3) is 0 Å². The fraction of sp³-hybridized carbons (Fsp3) is 0.692. The van der Waals surface area contributed by atoms with Crippen LogP contribution in [0.2, 0.25) is 0 Å². The average Bonchev–Trinajstić information content (AvgIpc) is 3.00. The first-order chi connectivity index (χ1) is 8.31. The molecule has 0 unspecified atom stereocenters. The van der Waals surface area contributed by atoms with E-state index in [0.717, 1.165) is 50.3 Å². The lowest BCUT2D eigenvalue weighted by atomic mass is 9.97. The van der Waals surface area contributed by atoms with Crippen LogP contribution in [0.5, 0.6) is 0 Å². The van der Waals surface area contributed by atoms with Gasteiger partial charge in [0.15, 0.2) is 0 Å². The third-order valence-electron chi connectivity index (χ3n) is 3.79. The number of aromatic nitrogens is 1. The van der Waals surface area contributed by atoms with Crippen molar-refractivity contribution in [3.63, 3.8) is 0 Å². The van der Waals surface area contributed by atoms with E-state index < -0.39 is 0 Å². The van der Waals surface area contributed by atoms with Crippen LogP contribution >= 0.6 is 11.3 Å². The lowest BCUT2D eigenvalue weighted by Gasteiger charge is -2.20. The van der Waals surface area contributed by atoms with Crippen LogP contribution in [0.3, 0.4) is 0 Å². The summed E-state index contributed by atoms with van der Waals surface area (Å²) in [7, 11) is 0. The minimum atomic E-state index is -0.0647. The highest BCUT2D eigenvalue weighted by molar-refractivity contribution is 7.09. The Kier molecular flexibility index (Phi) is 2.89. The van der Waals surface area contributed by atoms with Crippen LogP contribution in [-0.2, 0) is 11.2 Å². The van der Waals surface area contributed by atoms with Crippen molar-refractivity contribution in [2.75, 3.05) is 13.2 Å². The molecule has 1 saturated heterocycles. The molecule has 0 bridgehead atoms. The fourth-order valence-corrected chi connectivity index (χ4v) is 3.38. The van der Waals surface area contributed by atoms with Gasteiger partial charge in [0.2, 0.25) is 0 Å². The van der Waals surface area contributed by atoms with E-state index in [2.05, 4.69) is 11.4 Å². The third-order valence-corrected chi connectivity index (χ3v) is 4.66. The summed E-state index contributed by atoms with van der Waals surface area (Å²) in [4.78, 5) is 4.72. The van der Waals surface area contributed by atoms with Crippen LogP contribution in [0.1, 0.15) is 42.3 Å². The number of nitrogens with zero attached hydrogens (tertiary/aromatic N) is 2. The zero-order valence-electron chi connectivity index (χ0n) is 9.82. The van der Waals surface area contributed by atoms with Crippen LogP contribution in [0, 0.1) is 16.7 Å². The summed E-state index contributed by atoms with van der Waals surface area (Å²) >= 11 is 1.72. The quantitative estimate of drug-likeness (QED) is 0.826. The van der Waals surface area contributed by atoms with Crippen molar-refractivity contribution in [2.24, 2.45) is 5.41 Å². The molecular weight excluding hydrogens is 232 g/mol. The molecule has 90 valence electrons. The molecule has 1 aliphatic carbocycles. The molecule has 1 aromatic rings. The Labute approximate surface area is 105 Å². The molecule has 0 amide bonds. The van der Waals surface area contributed by atoms with Crippen LogP contribution in [-0.4, -0.2) is 18.2 Å². The van der Waals surface area contributed by atoms with Crippen LogP contribution < -0.4 is 0 Å². The maximum Gasteiger partial charge on any atom is 0.0944 e. The van der Waals surface area contributed by atoms with Gasteiger partial charge in [0.05, 0.1) is 22.2 Å². The molecule has 0 atom stereocenters. The third kappa shape index (κ3) is 2.36. The van der Waals surface area contributed by atoms with Gasteiger partial charge in [0.25, 0.3) is 0 Å². The summed E-state index contributed by atoms with van der Waals surface area (Å²) in [5.74, 6) is 0.575. The molecule has 1 aromatic heterocycles. The highest BCUT2D eigenvalue weighted by Gasteiger charge is 2.43. The average molecular weight is 248 g/mol. The Balaban J connectivity index is 1.68. The highest BCUT2D eigenvalue weighted by Crippen LogP contribution is 2.48. The van der Waals surface area contributed by atoms with Crippen LogP contribution in [0.4, 0.5) is 0 Å². The van der Waals surface area contributed by atoms with Gasteiger partial charge in [-0.15, -0.1) is 11.3 Å². The molecular formula is C13H16N2OS. The predicted molar refractivity (Wildman–Crippen MR) is 65.9 cm³/mol. The number of hydrogen-bond acceptors (Lipinski definition) is 4. The zero-order chi connectivity index (χ0) is 11.7. The molecule has 2 fully saturated rings. The molecule has 4 heteroatoms. The van der Waals surface area contributed by atoms with E-state index in [0.29, 0.717) is 5.92 Å². The van der Waals surface area contributed by atoms with E-state index in [1.807, 2.05) is 0 Å². The van der Waals surface area contributed by atoms with Gasteiger partial charge in [-0.05, 0) is 25.7 Å². The van der Waals surface area contributed by atoms with Gasteiger partial charge in [-0.2, -0.15) is 5.26 Å². The topological polar surface area (TPSA) is 45.9 Å². The maximum atomic E-state index is 9.08. The molecule has 1 saturated carbocycles. The molecule has 0 radical (unpaired) electrons. The maximum absolute atomic E-state index is 9.08. The van der Waals surface area contributed by atoms with Crippen molar-refractivity contribution in [3.05, 3.63) is 16.1 Å². The normalized spacial score (nSPS) is 23.2. The molecule has 3 nitrogen and oxygen atoms in total. The first kappa shape index (κ1) is 11.2. The molecule has 0 N–H and O–H groups in total. The van der Waals surface area contributed by atoms with Gasteiger partial charge in [0, 0.05) is 30.9 Å². The van der Waals surface area contributed by atoms with E-state index in [1.165, 1.54) is 5.69 Å². The van der Waals surface area contributed by atoms with Crippen molar-refractivity contribution < 1.29 is 4.74 Å². The highest BCUT2D eigenvalue weighted by atomic mass is 32.1. The van der Waals surface area contributed by atoms with Crippen molar-refractivity contribution in [2.45, 2.75) is 38.0 Å². The van der Waals surface area contributed by atoms with Crippen molar-refractivity contribution in [3.8, 4) is 6.07 Å². The van der Waals surface area contributed by atoms with Gasteiger partial charge in [-0.25, -0.2) is 4.98 Å². The van der Waals surface area contributed by atoms with Gasteiger partial charge < -0.3 is 4.74 Å². The number of ether oxygens (including phenoxy) is 1. The molecule has 1 aliphatic heterocycles. The molecule has 0 aromatic carbocycles. The van der Waals surface area contributed by atoms with E-state index in [-0.39, 0.29) is 5.41 Å². The van der Waals surface area contributed by atoms with E-state index in [1.54, 1.807) is 11.3 Å².